The zero-order chi connectivity index (χ0) is 23.8. The van der Waals surface area contributed by atoms with Crippen LogP contribution in [-0.2, 0) is 0 Å². The molecule has 188 valence electrons. The third-order valence-corrected chi connectivity index (χ3v) is 6.79. The van der Waals surface area contributed by atoms with Gasteiger partial charge in [-0.05, 0) is 57.4 Å². The predicted molar refractivity (Wildman–Crippen MR) is 134 cm³/mol. The highest BCUT2D eigenvalue weighted by atomic mass is 35.5. The lowest BCUT2D eigenvalue weighted by atomic mass is 9.91. The van der Waals surface area contributed by atoms with Crippen LogP contribution >= 0.6 is 12.4 Å². The number of amides is 1. The molecule has 2 heterocycles. The second-order valence-corrected chi connectivity index (χ2v) is 9.39. The molecule has 35 heavy (non-hydrogen) atoms. The van der Waals surface area contributed by atoms with Crippen LogP contribution in [0, 0.1) is 18.7 Å². The molecule has 4 N–H and O–H groups in total. The number of methoxy groups -OCH3 is 1. The Morgan fingerprint density at radius 1 is 1.17 bits per heavy atom. The van der Waals surface area contributed by atoms with Crippen LogP contribution in [0.2, 0.25) is 0 Å². The van der Waals surface area contributed by atoms with Gasteiger partial charge in [-0.15, -0.1) is 12.4 Å². The number of fused-ring (bicyclic) bond motifs is 1. The number of nitrogens with one attached hydrogen (secondary N) is 2. The summed E-state index contributed by atoms with van der Waals surface area (Å²) in [7, 11) is 1.42. The number of aromatic nitrogens is 3. The third-order valence-electron chi connectivity index (χ3n) is 6.79. The molecule has 0 saturated heterocycles. The van der Waals surface area contributed by atoms with Crippen LogP contribution in [0.1, 0.15) is 54.6 Å². The van der Waals surface area contributed by atoms with E-state index in [4.69, 9.17) is 15.2 Å². The normalized spacial score (nSPS) is 19.8. The molecule has 5 rings (SSSR count). The van der Waals surface area contributed by atoms with Crippen molar-refractivity contribution in [3.63, 3.8) is 0 Å². The molecule has 0 spiro atoms. The molecule has 1 aromatic carbocycles. The fourth-order valence-electron chi connectivity index (χ4n) is 4.61. The number of aromatic amines is 1. The lowest BCUT2D eigenvalue weighted by Gasteiger charge is -2.26. The van der Waals surface area contributed by atoms with Crippen molar-refractivity contribution in [1.29, 1.82) is 0 Å². The molecule has 2 saturated carbocycles. The van der Waals surface area contributed by atoms with E-state index in [1.807, 2.05) is 6.92 Å². The number of carbonyl (C=O) groups is 1. The lowest BCUT2D eigenvalue weighted by molar-refractivity contribution is 0.0927. The number of nitrogens with zero attached hydrogens (tertiary/aromatic N) is 2. The van der Waals surface area contributed by atoms with E-state index in [1.54, 1.807) is 6.07 Å². The van der Waals surface area contributed by atoms with Crippen molar-refractivity contribution in [3.05, 3.63) is 35.5 Å². The zero-order valence-electron chi connectivity index (χ0n) is 19.9. The van der Waals surface area contributed by atoms with Crippen molar-refractivity contribution in [2.75, 3.05) is 13.7 Å². The number of hydrogen-bond acceptors (Lipinski definition) is 6. The van der Waals surface area contributed by atoms with Crippen molar-refractivity contribution in [2.24, 2.45) is 11.7 Å². The SMILES string of the molecule is COc1cc(-c2ncnc3c(C(=O)N[C@H]4CC[C@@H](N)CC4)c(C)[nH]c23)c(OCC2CC2)cc1F.Cl. The fourth-order valence-corrected chi connectivity index (χ4v) is 4.61. The quantitative estimate of drug-likeness (QED) is 0.443. The van der Waals surface area contributed by atoms with E-state index in [0.29, 0.717) is 51.8 Å². The Bertz CT molecular complexity index is 1220. The number of carbonyl (C=O) groups excluding carboxylic acids is 1. The van der Waals surface area contributed by atoms with Gasteiger partial charge < -0.3 is 25.5 Å². The molecule has 0 atom stereocenters. The van der Waals surface area contributed by atoms with E-state index < -0.39 is 5.82 Å². The van der Waals surface area contributed by atoms with Crippen molar-refractivity contribution in [3.8, 4) is 22.8 Å². The summed E-state index contributed by atoms with van der Waals surface area (Å²) in [6, 6.07) is 3.23. The maximum Gasteiger partial charge on any atom is 0.255 e. The minimum Gasteiger partial charge on any atom is -0.494 e. The molecular weight excluding hydrogens is 473 g/mol. The van der Waals surface area contributed by atoms with Crippen LogP contribution in [0.25, 0.3) is 22.3 Å². The van der Waals surface area contributed by atoms with Crippen LogP contribution in [0.3, 0.4) is 0 Å². The Kier molecular flexibility index (Phi) is 7.47. The van der Waals surface area contributed by atoms with E-state index in [9.17, 15) is 9.18 Å². The van der Waals surface area contributed by atoms with Gasteiger partial charge in [0.1, 0.15) is 23.3 Å². The maximum absolute atomic E-state index is 14.5. The Morgan fingerprint density at radius 3 is 2.60 bits per heavy atom. The molecule has 3 aromatic rings. The van der Waals surface area contributed by atoms with Crippen molar-refractivity contribution in [1.82, 2.24) is 20.3 Å². The number of aryl methyl sites for hydroxylation is 1. The van der Waals surface area contributed by atoms with E-state index in [0.717, 1.165) is 38.5 Å². The molecule has 0 radical (unpaired) electrons. The molecule has 2 fully saturated rings. The summed E-state index contributed by atoms with van der Waals surface area (Å²) in [5, 5.41) is 3.14. The number of benzene rings is 1. The second kappa shape index (κ2) is 10.4. The average molecular weight is 504 g/mol. The topological polar surface area (TPSA) is 115 Å². The van der Waals surface area contributed by atoms with Gasteiger partial charge in [0.25, 0.3) is 5.91 Å². The van der Waals surface area contributed by atoms with Crippen LogP contribution in [-0.4, -0.2) is 46.7 Å². The summed E-state index contributed by atoms with van der Waals surface area (Å²) >= 11 is 0. The maximum atomic E-state index is 14.5. The first-order valence-electron chi connectivity index (χ1n) is 11.8. The van der Waals surface area contributed by atoms with Crippen LogP contribution < -0.4 is 20.5 Å². The van der Waals surface area contributed by atoms with Crippen LogP contribution in [0.5, 0.6) is 11.5 Å². The van der Waals surface area contributed by atoms with Crippen molar-refractivity contribution < 1.29 is 18.7 Å². The van der Waals surface area contributed by atoms with Crippen molar-refractivity contribution in [2.45, 2.75) is 57.5 Å². The van der Waals surface area contributed by atoms with Gasteiger partial charge in [-0.25, -0.2) is 14.4 Å². The Hall–Kier alpha value is -2.91. The molecule has 8 nitrogen and oxygen atoms in total. The lowest BCUT2D eigenvalue weighted by Crippen LogP contribution is -2.40. The Labute approximate surface area is 209 Å². The highest BCUT2D eigenvalue weighted by Gasteiger charge is 2.27. The Morgan fingerprint density at radius 2 is 1.91 bits per heavy atom. The second-order valence-electron chi connectivity index (χ2n) is 9.39. The molecule has 2 aromatic heterocycles. The number of halogens is 2. The first kappa shape index (κ1) is 25.2. The average Bonchev–Trinajstić information content (AvgIpc) is 3.59. The van der Waals surface area contributed by atoms with Gasteiger partial charge in [0.15, 0.2) is 11.6 Å². The largest absolute Gasteiger partial charge is 0.494 e. The number of H-pyrrole nitrogens is 1. The molecule has 0 aliphatic heterocycles. The van der Waals surface area contributed by atoms with E-state index in [1.165, 1.54) is 19.5 Å². The third kappa shape index (κ3) is 5.21. The number of nitrogens with two attached hydrogens (primary N) is 1. The molecule has 0 bridgehead atoms. The Balaban J connectivity index is 0.00000289. The standard InChI is InChI=1S/C25H30FN5O3.ClH/c1-13-21(25(32)31-16-7-5-15(27)6-8-16)23-24(30-13)22(28-12-29-23)17-9-20(33-2)18(26)10-19(17)34-11-14-3-4-14;/h9-10,12,14-16,30H,3-8,11,27H2,1-2H3,(H,31,32);1H/t15-,16+;. The smallest absolute Gasteiger partial charge is 0.255 e. The number of rotatable bonds is 7. The number of ether oxygens (including phenoxy) is 2. The molecule has 2 aliphatic carbocycles. The van der Waals surface area contributed by atoms with Gasteiger partial charge >= 0.3 is 0 Å². The van der Waals surface area contributed by atoms with Gasteiger partial charge in [-0.3, -0.25) is 4.79 Å². The summed E-state index contributed by atoms with van der Waals surface area (Å²) in [6.45, 7) is 2.36. The molecular formula is C25H31ClFN5O3. The van der Waals surface area contributed by atoms with Crippen molar-refractivity contribution >= 4 is 29.3 Å². The highest BCUT2D eigenvalue weighted by Crippen LogP contribution is 2.39. The summed E-state index contributed by atoms with van der Waals surface area (Å²) in [6.07, 6.45) is 7.19. The first-order valence-corrected chi connectivity index (χ1v) is 11.8. The van der Waals surface area contributed by atoms with Gasteiger partial charge in [0.05, 0.1) is 24.8 Å². The summed E-state index contributed by atoms with van der Waals surface area (Å²) in [5.41, 5.74) is 9.41. The fraction of sp³-hybridized carbons (Fsp3) is 0.480. The van der Waals surface area contributed by atoms with E-state index in [-0.39, 0.29) is 36.1 Å². The first-order chi connectivity index (χ1) is 16.4. The van der Waals surface area contributed by atoms with Gasteiger partial charge in [-0.2, -0.15) is 0 Å². The molecule has 1 amide bonds. The summed E-state index contributed by atoms with van der Waals surface area (Å²) in [4.78, 5) is 25.4. The van der Waals surface area contributed by atoms with Crippen LogP contribution in [0.15, 0.2) is 18.5 Å². The summed E-state index contributed by atoms with van der Waals surface area (Å²) < 4.78 is 25.7. The zero-order valence-corrected chi connectivity index (χ0v) is 20.7. The molecule has 10 heteroatoms. The van der Waals surface area contributed by atoms with Crippen LogP contribution in [0.4, 0.5) is 4.39 Å². The van der Waals surface area contributed by atoms with E-state index in [2.05, 4.69) is 20.3 Å². The summed E-state index contributed by atoms with van der Waals surface area (Å²) in [5.74, 6) is 0.313. The molecule has 0 unspecified atom stereocenters. The minimum absolute atomic E-state index is 0. The van der Waals surface area contributed by atoms with Gasteiger partial charge in [0, 0.05) is 29.4 Å². The van der Waals surface area contributed by atoms with Gasteiger partial charge in [0.2, 0.25) is 0 Å². The minimum atomic E-state index is -0.503. The number of hydrogen-bond donors (Lipinski definition) is 3. The van der Waals surface area contributed by atoms with E-state index >= 15 is 0 Å². The van der Waals surface area contributed by atoms with Gasteiger partial charge in [-0.1, -0.05) is 0 Å². The predicted octanol–water partition coefficient (Wildman–Crippen LogP) is 4.29. The highest BCUT2D eigenvalue weighted by molar-refractivity contribution is 6.09. The monoisotopic (exact) mass is 503 g/mol. The molecule has 2 aliphatic rings.